The van der Waals surface area contributed by atoms with Crippen molar-refractivity contribution in [2.75, 3.05) is 6.54 Å². The van der Waals surface area contributed by atoms with Crippen molar-refractivity contribution in [3.8, 4) is 5.75 Å². The van der Waals surface area contributed by atoms with E-state index in [-0.39, 0.29) is 0 Å². The van der Waals surface area contributed by atoms with Crippen molar-refractivity contribution < 1.29 is 5.11 Å². The number of aromatic hydroxyl groups is 1. The second-order valence-corrected chi connectivity index (χ2v) is 5.58. The molecule has 0 heterocycles. The van der Waals surface area contributed by atoms with E-state index < -0.39 is 0 Å². The molecule has 2 heteroatoms. The van der Waals surface area contributed by atoms with Gasteiger partial charge in [0.2, 0.25) is 0 Å². The van der Waals surface area contributed by atoms with Crippen LogP contribution < -0.4 is 5.32 Å². The van der Waals surface area contributed by atoms with Gasteiger partial charge in [-0.25, -0.2) is 0 Å². The summed E-state index contributed by atoms with van der Waals surface area (Å²) in [5.41, 5.74) is 2.54. The zero-order chi connectivity index (χ0) is 11.7. The molecule has 1 fully saturated rings. The summed E-state index contributed by atoms with van der Waals surface area (Å²) in [5, 5.41) is 13.5. The Morgan fingerprint density at radius 2 is 2.00 bits per heavy atom. The zero-order valence-corrected chi connectivity index (χ0v) is 10.3. The van der Waals surface area contributed by atoms with Gasteiger partial charge in [-0.2, -0.15) is 0 Å². The molecule has 0 spiro atoms. The lowest BCUT2D eigenvalue weighted by atomic mass is 10.1. The molecule has 3 rings (SSSR count). The molecule has 2 aliphatic rings. The second kappa shape index (κ2) is 4.69. The number of hydrogen-bond donors (Lipinski definition) is 2. The summed E-state index contributed by atoms with van der Waals surface area (Å²) in [5.74, 6) is 1.17. The number of phenols is 1. The molecule has 2 nitrogen and oxygen atoms in total. The Bertz CT molecular complexity index is 396. The molecule has 2 aliphatic carbocycles. The van der Waals surface area contributed by atoms with Gasteiger partial charge < -0.3 is 10.4 Å². The topological polar surface area (TPSA) is 32.3 Å². The lowest BCUT2D eigenvalue weighted by molar-refractivity contribution is 0.432. The molecule has 1 saturated carbocycles. The third-order valence-electron chi connectivity index (χ3n) is 4.30. The van der Waals surface area contributed by atoms with Crippen LogP contribution in [0.4, 0.5) is 0 Å². The minimum absolute atomic E-state index is 0.492. The normalized spacial score (nSPS) is 24.1. The number of fused-ring (bicyclic) bond motifs is 1. The van der Waals surface area contributed by atoms with Gasteiger partial charge in [0.15, 0.2) is 0 Å². The van der Waals surface area contributed by atoms with Gasteiger partial charge in [-0.3, -0.25) is 0 Å². The Morgan fingerprint density at radius 1 is 1.18 bits per heavy atom. The van der Waals surface area contributed by atoms with Gasteiger partial charge in [0.1, 0.15) is 5.75 Å². The maximum atomic E-state index is 9.81. The number of phenolic OH excluding ortho intramolecular Hbond substituents is 1. The minimum atomic E-state index is 0.492. The Labute approximate surface area is 103 Å². The summed E-state index contributed by atoms with van der Waals surface area (Å²) in [6.45, 7) is 1.11. The smallest absolute Gasteiger partial charge is 0.119 e. The Hall–Kier alpha value is -1.02. The molecule has 1 aromatic carbocycles. The third kappa shape index (κ3) is 2.32. The highest BCUT2D eigenvalue weighted by Gasteiger charge is 2.24. The van der Waals surface area contributed by atoms with E-state index in [1.165, 1.54) is 36.8 Å². The van der Waals surface area contributed by atoms with Crippen molar-refractivity contribution in [2.24, 2.45) is 5.92 Å². The SMILES string of the molecule is Oc1cccc2c1CC(CNC1CCCC1)C2. The Kier molecular flexibility index (Phi) is 3.06. The molecule has 0 aromatic heterocycles. The second-order valence-electron chi connectivity index (χ2n) is 5.58. The summed E-state index contributed by atoms with van der Waals surface area (Å²) < 4.78 is 0. The highest BCUT2D eigenvalue weighted by molar-refractivity contribution is 5.42. The van der Waals surface area contributed by atoms with Crippen molar-refractivity contribution in [2.45, 2.75) is 44.6 Å². The first-order chi connectivity index (χ1) is 8.33. The first-order valence-electron chi connectivity index (χ1n) is 6.86. The number of rotatable bonds is 3. The molecule has 1 aromatic rings. The van der Waals surface area contributed by atoms with E-state index in [0.29, 0.717) is 11.7 Å². The fourth-order valence-corrected chi connectivity index (χ4v) is 3.33. The van der Waals surface area contributed by atoms with Gasteiger partial charge in [0.05, 0.1) is 0 Å². The monoisotopic (exact) mass is 231 g/mol. The molecule has 0 aliphatic heterocycles. The van der Waals surface area contributed by atoms with Crippen LogP contribution in [0.25, 0.3) is 0 Å². The van der Waals surface area contributed by atoms with Crippen LogP contribution in [-0.2, 0) is 12.8 Å². The Balaban J connectivity index is 1.56. The minimum Gasteiger partial charge on any atom is -0.508 e. The van der Waals surface area contributed by atoms with Gasteiger partial charge >= 0.3 is 0 Å². The van der Waals surface area contributed by atoms with Gasteiger partial charge in [0.25, 0.3) is 0 Å². The van der Waals surface area contributed by atoms with Gasteiger partial charge in [-0.1, -0.05) is 25.0 Å². The van der Waals surface area contributed by atoms with Crippen molar-refractivity contribution in [3.63, 3.8) is 0 Å². The molecule has 1 unspecified atom stereocenters. The van der Waals surface area contributed by atoms with E-state index in [9.17, 15) is 5.11 Å². The van der Waals surface area contributed by atoms with Crippen LogP contribution >= 0.6 is 0 Å². The molecule has 2 N–H and O–H groups in total. The highest BCUT2D eigenvalue weighted by atomic mass is 16.3. The van der Waals surface area contributed by atoms with Crippen LogP contribution in [0.15, 0.2) is 18.2 Å². The summed E-state index contributed by atoms with van der Waals surface area (Å²) in [6, 6.07) is 6.68. The molecule has 0 amide bonds. The van der Waals surface area contributed by atoms with Gasteiger partial charge in [0, 0.05) is 6.04 Å². The standard InChI is InChI=1S/C15H21NO/c17-15-7-3-4-12-8-11(9-14(12)15)10-16-13-5-1-2-6-13/h3-4,7,11,13,16-17H,1-2,5-6,8-10H2. The summed E-state index contributed by atoms with van der Waals surface area (Å²) >= 11 is 0. The predicted octanol–water partition coefficient (Wildman–Crippen LogP) is 2.64. The molecule has 1 atom stereocenters. The van der Waals surface area contributed by atoms with Crippen molar-refractivity contribution in [3.05, 3.63) is 29.3 Å². The molecule has 0 bridgehead atoms. The predicted molar refractivity (Wildman–Crippen MR) is 69.3 cm³/mol. The third-order valence-corrected chi connectivity index (χ3v) is 4.30. The molecule has 92 valence electrons. The first kappa shape index (κ1) is 11.1. The average molecular weight is 231 g/mol. The summed E-state index contributed by atoms with van der Waals surface area (Å²) in [6.07, 6.45) is 7.66. The largest absolute Gasteiger partial charge is 0.508 e. The lowest BCUT2D eigenvalue weighted by Crippen LogP contribution is -2.31. The van der Waals surface area contributed by atoms with Gasteiger partial charge in [-0.15, -0.1) is 0 Å². The van der Waals surface area contributed by atoms with E-state index in [1.54, 1.807) is 0 Å². The number of nitrogens with one attached hydrogen (secondary N) is 1. The van der Waals surface area contributed by atoms with Crippen molar-refractivity contribution in [1.29, 1.82) is 0 Å². The van der Waals surface area contributed by atoms with E-state index in [2.05, 4.69) is 11.4 Å². The van der Waals surface area contributed by atoms with Crippen LogP contribution in [0.5, 0.6) is 5.75 Å². The maximum Gasteiger partial charge on any atom is 0.119 e. The average Bonchev–Trinajstić information content (AvgIpc) is 2.95. The molecule has 17 heavy (non-hydrogen) atoms. The fraction of sp³-hybridized carbons (Fsp3) is 0.600. The molecule has 0 saturated heterocycles. The van der Waals surface area contributed by atoms with E-state index in [4.69, 9.17) is 0 Å². The summed E-state index contributed by atoms with van der Waals surface area (Å²) in [7, 11) is 0. The lowest BCUT2D eigenvalue weighted by Gasteiger charge is -2.15. The fourth-order valence-electron chi connectivity index (χ4n) is 3.33. The quantitative estimate of drug-likeness (QED) is 0.838. The molecular formula is C15H21NO. The van der Waals surface area contributed by atoms with E-state index in [0.717, 1.165) is 25.4 Å². The number of hydrogen-bond acceptors (Lipinski definition) is 2. The Morgan fingerprint density at radius 3 is 2.76 bits per heavy atom. The molecule has 0 radical (unpaired) electrons. The van der Waals surface area contributed by atoms with Crippen LogP contribution in [-0.4, -0.2) is 17.7 Å². The maximum absolute atomic E-state index is 9.81. The van der Waals surface area contributed by atoms with Crippen molar-refractivity contribution in [1.82, 2.24) is 5.32 Å². The number of benzene rings is 1. The zero-order valence-electron chi connectivity index (χ0n) is 10.3. The van der Waals surface area contributed by atoms with E-state index in [1.807, 2.05) is 12.1 Å². The van der Waals surface area contributed by atoms with Crippen LogP contribution in [0, 0.1) is 5.92 Å². The van der Waals surface area contributed by atoms with Crippen molar-refractivity contribution >= 4 is 0 Å². The van der Waals surface area contributed by atoms with Crippen LogP contribution in [0.2, 0.25) is 0 Å². The van der Waals surface area contributed by atoms with Crippen LogP contribution in [0.1, 0.15) is 36.8 Å². The van der Waals surface area contributed by atoms with E-state index >= 15 is 0 Å². The summed E-state index contributed by atoms with van der Waals surface area (Å²) in [4.78, 5) is 0. The highest BCUT2D eigenvalue weighted by Crippen LogP contribution is 2.32. The first-order valence-corrected chi connectivity index (χ1v) is 6.86. The van der Waals surface area contributed by atoms with Crippen LogP contribution in [0.3, 0.4) is 0 Å². The van der Waals surface area contributed by atoms with Gasteiger partial charge in [-0.05, 0) is 55.3 Å². The molecular weight excluding hydrogens is 210 g/mol.